The van der Waals surface area contributed by atoms with E-state index in [1.54, 1.807) is 12.1 Å². The van der Waals surface area contributed by atoms with Crippen molar-refractivity contribution in [3.05, 3.63) is 28.0 Å². The second-order valence-corrected chi connectivity index (χ2v) is 3.06. The third-order valence-corrected chi connectivity index (χ3v) is 1.75. The van der Waals surface area contributed by atoms with Gasteiger partial charge in [-0.15, -0.1) is 0 Å². The average Bonchev–Trinajstić information content (AvgIpc) is 1.94. The van der Waals surface area contributed by atoms with Crippen molar-refractivity contribution < 1.29 is 0 Å². The highest BCUT2D eigenvalue weighted by Crippen LogP contribution is 2.16. The molecule has 1 heterocycles. The quantitative estimate of drug-likeness (QED) is 0.565. The van der Waals surface area contributed by atoms with Crippen molar-refractivity contribution in [1.29, 1.82) is 0 Å². The number of rotatable bonds is 1. The highest BCUT2D eigenvalue weighted by molar-refractivity contribution is 7.80. The fraction of sp³-hybridized carbons (Fsp3) is 0. The Bertz CT molecular complexity index is 301. The first-order valence-corrected chi connectivity index (χ1v) is 3.89. The van der Waals surface area contributed by atoms with Crippen LogP contribution in [0.3, 0.4) is 0 Å². The molecule has 0 radical (unpaired) electrons. The minimum atomic E-state index is 0.150. The Morgan fingerprint density at radius 2 is 2.09 bits per heavy atom. The van der Waals surface area contributed by atoms with Gasteiger partial charge >= 0.3 is 0 Å². The summed E-state index contributed by atoms with van der Waals surface area (Å²) in [6.07, 6.45) is 0. The van der Waals surface area contributed by atoms with Gasteiger partial charge in [0.15, 0.2) is 0 Å². The topological polar surface area (TPSA) is 38.9 Å². The van der Waals surface area contributed by atoms with E-state index in [1.807, 2.05) is 0 Å². The summed E-state index contributed by atoms with van der Waals surface area (Å²) < 4.78 is 0. The second kappa shape index (κ2) is 3.34. The normalized spacial score (nSPS) is 9.64. The maximum Gasteiger partial charge on any atom is 0.129 e. The molecule has 0 aromatic carbocycles. The molecule has 0 aliphatic carbocycles. The van der Waals surface area contributed by atoms with Crippen LogP contribution in [0.1, 0.15) is 5.69 Å². The average molecular weight is 207 g/mol. The first-order valence-electron chi connectivity index (χ1n) is 2.73. The molecule has 0 bridgehead atoms. The number of halogens is 2. The van der Waals surface area contributed by atoms with Crippen LogP contribution < -0.4 is 5.73 Å². The van der Waals surface area contributed by atoms with E-state index in [9.17, 15) is 0 Å². The SMILES string of the molecule is NC(=S)c1nc(Cl)ccc1Cl. The number of aromatic nitrogens is 1. The van der Waals surface area contributed by atoms with Crippen LogP contribution >= 0.6 is 35.4 Å². The first-order chi connectivity index (χ1) is 5.11. The van der Waals surface area contributed by atoms with Gasteiger partial charge in [0.25, 0.3) is 0 Å². The van der Waals surface area contributed by atoms with E-state index >= 15 is 0 Å². The third-order valence-electron chi connectivity index (χ3n) is 1.05. The first kappa shape index (κ1) is 8.71. The van der Waals surface area contributed by atoms with Gasteiger partial charge in [-0.25, -0.2) is 4.98 Å². The summed E-state index contributed by atoms with van der Waals surface area (Å²) in [6, 6.07) is 3.18. The van der Waals surface area contributed by atoms with Gasteiger partial charge in [0.1, 0.15) is 15.8 Å². The maximum atomic E-state index is 5.70. The van der Waals surface area contributed by atoms with Gasteiger partial charge in [-0.2, -0.15) is 0 Å². The van der Waals surface area contributed by atoms with Crippen molar-refractivity contribution >= 4 is 40.4 Å². The Hall–Kier alpha value is -0.380. The number of nitrogens with two attached hydrogens (primary N) is 1. The van der Waals surface area contributed by atoms with Gasteiger partial charge in [0.2, 0.25) is 0 Å². The van der Waals surface area contributed by atoms with Crippen molar-refractivity contribution in [3.63, 3.8) is 0 Å². The molecule has 2 N–H and O–H groups in total. The van der Waals surface area contributed by atoms with Crippen LogP contribution in [0.4, 0.5) is 0 Å². The largest absolute Gasteiger partial charge is 0.388 e. The minimum Gasteiger partial charge on any atom is -0.388 e. The fourth-order valence-corrected chi connectivity index (χ4v) is 1.16. The van der Waals surface area contributed by atoms with Crippen LogP contribution in [0.25, 0.3) is 0 Å². The Labute approximate surface area is 79.3 Å². The molecule has 58 valence electrons. The number of hydrogen-bond acceptors (Lipinski definition) is 2. The van der Waals surface area contributed by atoms with Crippen LogP contribution in [-0.4, -0.2) is 9.97 Å². The van der Waals surface area contributed by atoms with E-state index in [0.717, 1.165) is 0 Å². The molecule has 0 saturated heterocycles. The van der Waals surface area contributed by atoms with Crippen LogP contribution in [-0.2, 0) is 0 Å². The number of hydrogen-bond donors (Lipinski definition) is 1. The molecule has 0 fully saturated rings. The fourth-order valence-electron chi connectivity index (χ4n) is 0.591. The summed E-state index contributed by atoms with van der Waals surface area (Å²) in [5, 5.41) is 0.749. The lowest BCUT2D eigenvalue weighted by Gasteiger charge is -1.99. The molecule has 2 nitrogen and oxygen atoms in total. The standard InChI is InChI=1S/C6H4Cl2N2S/c7-3-1-2-4(8)10-5(3)6(9)11/h1-2H,(H2,9,11). The molecule has 0 aliphatic rings. The van der Waals surface area contributed by atoms with Crippen molar-refractivity contribution in [3.8, 4) is 0 Å². The molecule has 5 heteroatoms. The molecule has 0 aliphatic heterocycles. The molecule has 0 saturated carbocycles. The summed E-state index contributed by atoms with van der Waals surface area (Å²) in [5.74, 6) is 0. The predicted octanol–water partition coefficient (Wildman–Crippen LogP) is 2.02. The van der Waals surface area contributed by atoms with E-state index in [2.05, 4.69) is 17.2 Å². The highest BCUT2D eigenvalue weighted by atomic mass is 35.5. The zero-order chi connectivity index (χ0) is 8.43. The van der Waals surface area contributed by atoms with Crippen molar-refractivity contribution in [2.45, 2.75) is 0 Å². The van der Waals surface area contributed by atoms with Crippen molar-refractivity contribution in [2.24, 2.45) is 5.73 Å². The molecular weight excluding hydrogens is 203 g/mol. The summed E-state index contributed by atoms with van der Waals surface area (Å²) >= 11 is 16.0. The lowest BCUT2D eigenvalue weighted by Crippen LogP contribution is -2.12. The minimum absolute atomic E-state index is 0.150. The van der Waals surface area contributed by atoms with E-state index in [4.69, 9.17) is 28.9 Å². The van der Waals surface area contributed by atoms with Crippen LogP contribution in [0.5, 0.6) is 0 Å². The van der Waals surface area contributed by atoms with E-state index in [0.29, 0.717) is 15.9 Å². The van der Waals surface area contributed by atoms with E-state index in [-0.39, 0.29) is 4.99 Å². The van der Waals surface area contributed by atoms with Crippen molar-refractivity contribution in [1.82, 2.24) is 4.98 Å². The molecule has 1 aromatic heterocycles. The molecule has 1 rings (SSSR count). The molecule has 11 heavy (non-hydrogen) atoms. The zero-order valence-corrected chi connectivity index (χ0v) is 7.67. The van der Waals surface area contributed by atoms with Gasteiger partial charge in [-0.05, 0) is 12.1 Å². The molecule has 1 aromatic rings. The summed E-state index contributed by atoms with van der Waals surface area (Å²) in [6.45, 7) is 0. The third kappa shape index (κ3) is 2.02. The van der Waals surface area contributed by atoms with Gasteiger partial charge in [-0.3, -0.25) is 0 Å². The lowest BCUT2D eigenvalue weighted by atomic mass is 10.3. The molecule has 0 spiro atoms. The predicted molar refractivity (Wildman–Crippen MR) is 50.1 cm³/mol. The summed E-state index contributed by atoms with van der Waals surface area (Å²) in [5.41, 5.74) is 5.68. The van der Waals surface area contributed by atoms with E-state index in [1.165, 1.54) is 0 Å². The van der Waals surface area contributed by atoms with E-state index < -0.39 is 0 Å². The maximum absolute atomic E-state index is 5.70. The summed E-state index contributed by atoms with van der Waals surface area (Å²) in [4.78, 5) is 3.99. The Balaban J connectivity index is 3.23. The van der Waals surface area contributed by atoms with Crippen LogP contribution in [0.2, 0.25) is 10.2 Å². The van der Waals surface area contributed by atoms with Crippen LogP contribution in [0, 0.1) is 0 Å². The van der Waals surface area contributed by atoms with Gasteiger partial charge in [-0.1, -0.05) is 35.4 Å². The highest BCUT2D eigenvalue weighted by Gasteiger charge is 2.04. The number of nitrogens with zero attached hydrogens (tertiary/aromatic N) is 1. The van der Waals surface area contributed by atoms with Crippen molar-refractivity contribution in [2.75, 3.05) is 0 Å². The smallest absolute Gasteiger partial charge is 0.129 e. The Morgan fingerprint density at radius 1 is 1.45 bits per heavy atom. The molecule has 0 amide bonds. The summed E-state index contributed by atoms with van der Waals surface area (Å²) in [7, 11) is 0. The number of thiocarbonyl (C=S) groups is 1. The Kier molecular flexibility index (Phi) is 2.65. The van der Waals surface area contributed by atoms with Crippen LogP contribution in [0.15, 0.2) is 12.1 Å². The Morgan fingerprint density at radius 3 is 2.55 bits per heavy atom. The molecule has 0 unspecified atom stereocenters. The number of pyridine rings is 1. The molecular formula is C6H4Cl2N2S. The second-order valence-electron chi connectivity index (χ2n) is 1.83. The lowest BCUT2D eigenvalue weighted by molar-refractivity contribution is 1.29. The zero-order valence-electron chi connectivity index (χ0n) is 5.34. The van der Waals surface area contributed by atoms with Gasteiger partial charge in [0.05, 0.1) is 5.02 Å². The monoisotopic (exact) mass is 206 g/mol. The molecule has 0 atom stereocenters. The van der Waals surface area contributed by atoms with Gasteiger partial charge in [0, 0.05) is 0 Å². The van der Waals surface area contributed by atoms with Gasteiger partial charge < -0.3 is 5.73 Å².